The van der Waals surface area contributed by atoms with Crippen LogP contribution >= 0.6 is 0 Å². The lowest BCUT2D eigenvalue weighted by Gasteiger charge is -2.38. The number of rotatable bonds is 4. The summed E-state index contributed by atoms with van der Waals surface area (Å²) in [4.78, 5) is 25.3. The topological polar surface area (TPSA) is 78.9 Å². The Morgan fingerprint density at radius 3 is 2.80 bits per heavy atom. The van der Waals surface area contributed by atoms with E-state index in [0.717, 1.165) is 19.3 Å². The van der Waals surface area contributed by atoms with Gasteiger partial charge < -0.3 is 20.1 Å². The number of ether oxygens (including phenoxy) is 1. The van der Waals surface area contributed by atoms with Crippen LogP contribution < -0.4 is 5.32 Å². The molecule has 3 unspecified atom stereocenters. The van der Waals surface area contributed by atoms with E-state index in [1.54, 1.807) is 4.90 Å². The van der Waals surface area contributed by atoms with Crippen LogP contribution in [0.3, 0.4) is 0 Å². The molecule has 1 heterocycles. The Morgan fingerprint density at radius 2 is 2.15 bits per heavy atom. The van der Waals surface area contributed by atoms with Crippen molar-refractivity contribution in [3.05, 3.63) is 0 Å². The molecule has 2 rings (SSSR count). The number of nitrogens with zero attached hydrogens (tertiary/aromatic N) is 1. The van der Waals surface area contributed by atoms with Crippen LogP contribution in [0.2, 0.25) is 0 Å². The zero-order valence-electron chi connectivity index (χ0n) is 12.2. The van der Waals surface area contributed by atoms with Crippen LogP contribution in [0, 0.1) is 5.92 Å². The molecule has 2 amide bonds. The van der Waals surface area contributed by atoms with Crippen molar-refractivity contribution in [1.82, 2.24) is 10.2 Å². The number of hydrogen-bond donors (Lipinski definition) is 2. The normalized spacial score (nSPS) is 27.2. The van der Waals surface area contributed by atoms with Crippen molar-refractivity contribution in [3.8, 4) is 0 Å². The number of carbonyl (C=O) groups excluding carboxylic acids is 1. The number of morpholine rings is 1. The van der Waals surface area contributed by atoms with Gasteiger partial charge in [0.25, 0.3) is 0 Å². The van der Waals surface area contributed by atoms with Gasteiger partial charge in [0.1, 0.15) is 6.04 Å². The van der Waals surface area contributed by atoms with Gasteiger partial charge in [-0.25, -0.2) is 9.59 Å². The Bertz CT molecular complexity index is 372. The van der Waals surface area contributed by atoms with E-state index in [1.165, 1.54) is 0 Å². The molecule has 1 saturated carbocycles. The Labute approximate surface area is 119 Å². The average molecular weight is 284 g/mol. The number of nitrogens with one attached hydrogen (secondary N) is 1. The van der Waals surface area contributed by atoms with Crippen LogP contribution in [-0.4, -0.2) is 53.3 Å². The van der Waals surface area contributed by atoms with Gasteiger partial charge in [-0.1, -0.05) is 13.8 Å². The summed E-state index contributed by atoms with van der Waals surface area (Å²) < 4.78 is 5.66. The lowest BCUT2D eigenvalue weighted by Crippen LogP contribution is -2.57. The molecule has 114 valence electrons. The van der Waals surface area contributed by atoms with E-state index in [0.29, 0.717) is 19.6 Å². The van der Waals surface area contributed by atoms with Gasteiger partial charge in [0.05, 0.1) is 18.8 Å². The standard InChI is InChI=1S/C14H24N2O4/c1-9(2)8-10(13(17)18)15-14(19)16-6-7-20-12-5-3-4-11(12)16/h9-12H,3-8H2,1-2H3,(H,15,19)(H,17,18). The molecule has 0 aromatic heterocycles. The maximum atomic E-state index is 12.3. The third-order valence-electron chi connectivity index (χ3n) is 4.05. The fraction of sp³-hybridized carbons (Fsp3) is 0.857. The number of hydrogen-bond acceptors (Lipinski definition) is 3. The van der Waals surface area contributed by atoms with E-state index in [4.69, 9.17) is 4.74 Å². The van der Waals surface area contributed by atoms with Crippen molar-refractivity contribution in [3.63, 3.8) is 0 Å². The van der Waals surface area contributed by atoms with E-state index in [2.05, 4.69) is 5.32 Å². The SMILES string of the molecule is CC(C)CC(NC(=O)N1CCOC2CCCC21)C(=O)O. The number of urea groups is 1. The highest BCUT2D eigenvalue weighted by Crippen LogP contribution is 2.29. The second kappa shape index (κ2) is 6.43. The summed E-state index contributed by atoms with van der Waals surface area (Å²) in [5, 5.41) is 11.9. The molecule has 1 aliphatic carbocycles. The number of fused-ring (bicyclic) bond motifs is 1. The van der Waals surface area contributed by atoms with Gasteiger partial charge in [0.2, 0.25) is 0 Å². The van der Waals surface area contributed by atoms with Crippen molar-refractivity contribution < 1.29 is 19.4 Å². The fourth-order valence-corrected chi connectivity index (χ4v) is 3.10. The smallest absolute Gasteiger partial charge is 0.326 e. The Kier molecular flexibility index (Phi) is 4.86. The largest absolute Gasteiger partial charge is 0.480 e. The van der Waals surface area contributed by atoms with Crippen LogP contribution in [-0.2, 0) is 9.53 Å². The third-order valence-corrected chi connectivity index (χ3v) is 4.05. The van der Waals surface area contributed by atoms with E-state index >= 15 is 0 Å². The number of aliphatic carboxylic acids is 1. The molecule has 2 N–H and O–H groups in total. The quantitative estimate of drug-likeness (QED) is 0.819. The minimum absolute atomic E-state index is 0.109. The highest BCUT2D eigenvalue weighted by Gasteiger charge is 2.39. The molecule has 0 spiro atoms. The molecule has 6 heteroatoms. The fourth-order valence-electron chi connectivity index (χ4n) is 3.10. The molecule has 1 aliphatic heterocycles. The van der Waals surface area contributed by atoms with E-state index < -0.39 is 12.0 Å². The first-order valence-electron chi connectivity index (χ1n) is 7.40. The minimum atomic E-state index is -0.969. The molecule has 3 atom stereocenters. The first kappa shape index (κ1) is 15.1. The summed E-state index contributed by atoms with van der Waals surface area (Å²) >= 11 is 0. The predicted molar refractivity (Wildman–Crippen MR) is 73.5 cm³/mol. The van der Waals surface area contributed by atoms with Crippen molar-refractivity contribution in [2.45, 2.75) is 57.7 Å². The second-order valence-corrected chi connectivity index (χ2v) is 6.07. The number of carboxylic acids is 1. The number of carbonyl (C=O) groups is 2. The summed E-state index contributed by atoms with van der Waals surface area (Å²) in [7, 11) is 0. The van der Waals surface area contributed by atoms with Crippen molar-refractivity contribution in [1.29, 1.82) is 0 Å². The molecule has 20 heavy (non-hydrogen) atoms. The lowest BCUT2D eigenvalue weighted by atomic mass is 10.0. The maximum Gasteiger partial charge on any atom is 0.326 e. The predicted octanol–water partition coefficient (Wildman–Crippen LogP) is 1.45. The van der Waals surface area contributed by atoms with Crippen LogP contribution in [0.15, 0.2) is 0 Å². The average Bonchev–Trinajstić information content (AvgIpc) is 2.84. The summed E-state index contributed by atoms with van der Waals surface area (Å²) in [5.74, 6) is -0.747. The summed E-state index contributed by atoms with van der Waals surface area (Å²) in [6.45, 7) is 4.98. The van der Waals surface area contributed by atoms with Crippen LogP contribution in [0.4, 0.5) is 4.79 Å². The van der Waals surface area contributed by atoms with Gasteiger partial charge in [-0.3, -0.25) is 0 Å². The Morgan fingerprint density at radius 1 is 1.40 bits per heavy atom. The minimum Gasteiger partial charge on any atom is -0.480 e. The third kappa shape index (κ3) is 3.42. The Balaban J connectivity index is 1.97. The molecule has 2 aliphatic rings. The lowest BCUT2D eigenvalue weighted by molar-refractivity contribution is -0.139. The molecule has 1 saturated heterocycles. The van der Waals surface area contributed by atoms with Crippen molar-refractivity contribution >= 4 is 12.0 Å². The van der Waals surface area contributed by atoms with E-state index in [1.807, 2.05) is 13.8 Å². The Hall–Kier alpha value is -1.30. The molecule has 0 aromatic rings. The molecule has 0 aromatic carbocycles. The number of carboxylic acid groups (broad SMARTS) is 1. The monoisotopic (exact) mass is 284 g/mol. The zero-order chi connectivity index (χ0) is 14.7. The molecule has 0 bridgehead atoms. The van der Waals surface area contributed by atoms with Gasteiger partial charge in [0, 0.05) is 6.54 Å². The highest BCUT2D eigenvalue weighted by molar-refractivity contribution is 5.82. The van der Waals surface area contributed by atoms with Crippen molar-refractivity contribution in [2.75, 3.05) is 13.2 Å². The van der Waals surface area contributed by atoms with E-state index in [-0.39, 0.29) is 24.1 Å². The van der Waals surface area contributed by atoms with Gasteiger partial charge in [-0.2, -0.15) is 0 Å². The highest BCUT2D eigenvalue weighted by atomic mass is 16.5. The molecular formula is C14H24N2O4. The van der Waals surface area contributed by atoms with Gasteiger partial charge in [-0.15, -0.1) is 0 Å². The van der Waals surface area contributed by atoms with Crippen LogP contribution in [0.5, 0.6) is 0 Å². The molecule has 0 radical (unpaired) electrons. The first-order chi connectivity index (χ1) is 9.49. The first-order valence-corrected chi connectivity index (χ1v) is 7.40. The second-order valence-electron chi connectivity index (χ2n) is 6.07. The summed E-state index contributed by atoms with van der Waals surface area (Å²) in [5.41, 5.74) is 0. The van der Waals surface area contributed by atoms with Crippen molar-refractivity contribution in [2.24, 2.45) is 5.92 Å². The molecule has 6 nitrogen and oxygen atoms in total. The molecule has 2 fully saturated rings. The van der Waals surface area contributed by atoms with Gasteiger partial charge >= 0.3 is 12.0 Å². The van der Waals surface area contributed by atoms with E-state index in [9.17, 15) is 14.7 Å². The zero-order valence-corrected chi connectivity index (χ0v) is 12.2. The van der Waals surface area contributed by atoms with Crippen LogP contribution in [0.25, 0.3) is 0 Å². The maximum absolute atomic E-state index is 12.3. The van der Waals surface area contributed by atoms with Crippen LogP contribution in [0.1, 0.15) is 39.5 Å². The van der Waals surface area contributed by atoms with Gasteiger partial charge in [-0.05, 0) is 31.6 Å². The summed E-state index contributed by atoms with van der Waals surface area (Å²) in [6.07, 6.45) is 3.57. The number of amides is 2. The van der Waals surface area contributed by atoms with Gasteiger partial charge in [0.15, 0.2) is 0 Å². The molecular weight excluding hydrogens is 260 g/mol. The summed E-state index contributed by atoms with van der Waals surface area (Å²) in [6, 6.07) is -0.972.